The van der Waals surface area contributed by atoms with Crippen molar-refractivity contribution in [2.24, 2.45) is 5.41 Å². The Kier molecular flexibility index (Phi) is 8.32. The number of carboxylic acids is 1. The maximum Gasteiger partial charge on any atom is 0.309 e. The minimum atomic E-state index is -1.05. The molecule has 1 heterocycles. The molecule has 2 aromatic carbocycles. The van der Waals surface area contributed by atoms with Gasteiger partial charge in [0.15, 0.2) is 5.69 Å². The molecule has 0 radical (unpaired) electrons. The highest BCUT2D eigenvalue weighted by atomic mass is 16.5. The predicted octanol–water partition coefficient (Wildman–Crippen LogP) is 3.72. The lowest BCUT2D eigenvalue weighted by molar-refractivity contribution is -0.150. The van der Waals surface area contributed by atoms with Crippen molar-refractivity contribution in [2.75, 3.05) is 13.2 Å². The van der Waals surface area contributed by atoms with Gasteiger partial charge in [0.2, 0.25) is 0 Å². The Bertz CT molecular complexity index is 1020. The van der Waals surface area contributed by atoms with Crippen molar-refractivity contribution in [1.82, 2.24) is 20.7 Å². The van der Waals surface area contributed by atoms with Gasteiger partial charge in [0.1, 0.15) is 0 Å². The molecule has 0 aliphatic heterocycles. The maximum atomic E-state index is 12.7. The van der Waals surface area contributed by atoms with E-state index in [1.54, 1.807) is 6.92 Å². The van der Waals surface area contributed by atoms with Gasteiger partial charge in [-0.25, -0.2) is 0 Å². The van der Waals surface area contributed by atoms with Gasteiger partial charge < -0.3 is 15.2 Å². The molecular formula is C25H30N4O4. The van der Waals surface area contributed by atoms with Crippen LogP contribution >= 0.6 is 0 Å². The summed E-state index contributed by atoms with van der Waals surface area (Å²) >= 11 is 0. The van der Waals surface area contributed by atoms with Gasteiger partial charge in [-0.05, 0) is 49.8 Å². The number of aromatic nitrogens is 3. The number of nitrogens with zero attached hydrogens (tertiary/aromatic N) is 2. The first-order valence-corrected chi connectivity index (χ1v) is 11.0. The Hall–Kier alpha value is -3.52. The first-order chi connectivity index (χ1) is 15.9. The van der Waals surface area contributed by atoms with Gasteiger partial charge in [-0.1, -0.05) is 59.8 Å². The summed E-state index contributed by atoms with van der Waals surface area (Å²) in [6, 6.07) is 17.7. The fourth-order valence-electron chi connectivity index (χ4n) is 3.78. The Morgan fingerprint density at radius 1 is 1.12 bits per heavy atom. The van der Waals surface area contributed by atoms with Crippen LogP contribution in [0.25, 0.3) is 11.1 Å². The summed E-state index contributed by atoms with van der Waals surface area (Å²) in [7, 11) is 0. The summed E-state index contributed by atoms with van der Waals surface area (Å²) < 4.78 is 5.40. The molecule has 1 amide bonds. The minimum Gasteiger partial charge on any atom is -0.481 e. The molecule has 3 rings (SSSR count). The third-order valence-electron chi connectivity index (χ3n) is 5.74. The number of carbonyl (C=O) groups excluding carboxylic acids is 1. The topological polar surface area (TPSA) is 117 Å². The molecule has 8 nitrogen and oxygen atoms in total. The van der Waals surface area contributed by atoms with Gasteiger partial charge in [-0.3, -0.25) is 14.7 Å². The molecule has 0 aliphatic carbocycles. The van der Waals surface area contributed by atoms with Gasteiger partial charge in [-0.2, -0.15) is 0 Å². The average molecular weight is 451 g/mol. The fourth-order valence-corrected chi connectivity index (χ4v) is 3.78. The minimum absolute atomic E-state index is 0.158. The Labute approximate surface area is 193 Å². The quantitative estimate of drug-likeness (QED) is 0.362. The first-order valence-electron chi connectivity index (χ1n) is 11.0. The third-order valence-corrected chi connectivity index (χ3v) is 5.74. The lowest BCUT2D eigenvalue weighted by Gasteiger charge is -2.30. The molecule has 0 saturated carbocycles. The smallest absolute Gasteiger partial charge is 0.309 e. The van der Waals surface area contributed by atoms with Crippen LogP contribution in [0.4, 0.5) is 0 Å². The second-order valence-electron chi connectivity index (χ2n) is 8.31. The highest BCUT2D eigenvalue weighted by Crippen LogP contribution is 2.30. The molecule has 0 spiro atoms. The number of H-pyrrole nitrogens is 1. The molecule has 1 unspecified atom stereocenters. The van der Waals surface area contributed by atoms with Gasteiger partial charge in [0, 0.05) is 19.3 Å². The van der Waals surface area contributed by atoms with Crippen molar-refractivity contribution >= 4 is 11.9 Å². The SMILES string of the molecule is CCOCCC(C)(C[C@@H](Cc1ccc(-c2ccccc2)cc1)NC(=O)c1c[nH]nn1)C(=O)O. The summed E-state index contributed by atoms with van der Waals surface area (Å²) in [6.45, 7) is 4.44. The van der Waals surface area contributed by atoms with E-state index >= 15 is 0 Å². The van der Waals surface area contributed by atoms with Crippen LogP contribution < -0.4 is 5.32 Å². The average Bonchev–Trinajstić information content (AvgIpc) is 3.35. The number of nitrogens with one attached hydrogen (secondary N) is 2. The van der Waals surface area contributed by atoms with E-state index in [4.69, 9.17) is 4.74 Å². The van der Waals surface area contributed by atoms with Crippen LogP contribution in [0.1, 0.15) is 42.7 Å². The van der Waals surface area contributed by atoms with Crippen molar-refractivity contribution < 1.29 is 19.4 Å². The maximum absolute atomic E-state index is 12.7. The molecule has 1 aromatic heterocycles. The highest BCUT2D eigenvalue weighted by Gasteiger charge is 2.36. The van der Waals surface area contributed by atoms with Gasteiger partial charge in [-0.15, -0.1) is 5.10 Å². The fraction of sp³-hybridized carbons (Fsp3) is 0.360. The number of aliphatic carboxylic acids is 1. The number of hydrogen-bond acceptors (Lipinski definition) is 5. The summed E-state index contributed by atoms with van der Waals surface area (Å²) in [4.78, 5) is 24.8. The van der Waals surface area contributed by atoms with Gasteiger partial charge >= 0.3 is 5.97 Å². The summed E-state index contributed by atoms with van der Waals surface area (Å²) in [5.41, 5.74) is 2.31. The molecule has 0 saturated heterocycles. The monoisotopic (exact) mass is 450 g/mol. The van der Waals surface area contributed by atoms with E-state index in [9.17, 15) is 14.7 Å². The molecule has 3 N–H and O–H groups in total. The molecule has 2 atom stereocenters. The Morgan fingerprint density at radius 2 is 1.82 bits per heavy atom. The lowest BCUT2D eigenvalue weighted by atomic mass is 9.79. The van der Waals surface area contributed by atoms with Crippen LogP contribution in [0.15, 0.2) is 60.8 Å². The molecule has 0 bridgehead atoms. The molecule has 0 aliphatic rings. The Balaban J connectivity index is 1.78. The molecule has 33 heavy (non-hydrogen) atoms. The van der Waals surface area contributed by atoms with Crippen molar-refractivity contribution in [1.29, 1.82) is 0 Å². The van der Waals surface area contributed by atoms with E-state index in [1.807, 2.05) is 61.5 Å². The van der Waals surface area contributed by atoms with Crippen LogP contribution in [0, 0.1) is 5.41 Å². The number of hydrogen-bond donors (Lipinski definition) is 3. The predicted molar refractivity (Wildman–Crippen MR) is 125 cm³/mol. The number of aromatic amines is 1. The largest absolute Gasteiger partial charge is 0.481 e. The number of amides is 1. The van der Waals surface area contributed by atoms with Crippen molar-refractivity contribution in [3.05, 3.63) is 72.1 Å². The van der Waals surface area contributed by atoms with Crippen molar-refractivity contribution in [3.63, 3.8) is 0 Å². The van der Waals surface area contributed by atoms with Crippen LogP contribution in [0.5, 0.6) is 0 Å². The standard InChI is InChI=1S/C25H30N4O4/c1-3-33-14-13-25(2,24(31)32)16-21(27-23(30)22-17-26-29-28-22)15-18-9-11-20(12-10-18)19-7-5-4-6-8-19/h4-12,17,21H,3,13-16H2,1-2H3,(H,27,30)(H,31,32)(H,26,28,29)/t21-,25?/m1/s1. The number of benzene rings is 2. The number of carbonyl (C=O) groups is 2. The molecular weight excluding hydrogens is 420 g/mol. The third kappa shape index (κ3) is 6.73. The van der Waals surface area contributed by atoms with Crippen LogP contribution in [-0.4, -0.2) is 51.6 Å². The molecule has 0 fully saturated rings. The number of carboxylic acid groups (broad SMARTS) is 1. The van der Waals surface area contributed by atoms with E-state index in [-0.39, 0.29) is 12.1 Å². The van der Waals surface area contributed by atoms with Crippen molar-refractivity contribution in [2.45, 2.75) is 39.2 Å². The molecule has 3 aromatic rings. The second kappa shape index (κ2) is 11.4. The zero-order valence-corrected chi connectivity index (χ0v) is 19.0. The van der Waals surface area contributed by atoms with E-state index < -0.39 is 23.3 Å². The van der Waals surface area contributed by atoms with Crippen LogP contribution in [0.2, 0.25) is 0 Å². The van der Waals surface area contributed by atoms with Gasteiger partial charge in [0.05, 0.1) is 11.6 Å². The van der Waals surface area contributed by atoms with E-state index in [2.05, 4.69) is 20.7 Å². The number of ether oxygens (including phenoxy) is 1. The molecule has 174 valence electrons. The first kappa shape index (κ1) is 24.1. The van der Waals surface area contributed by atoms with Crippen LogP contribution in [0.3, 0.4) is 0 Å². The van der Waals surface area contributed by atoms with Crippen LogP contribution in [-0.2, 0) is 16.0 Å². The summed E-state index contributed by atoms with van der Waals surface area (Å²) in [6.07, 6.45) is 2.49. The normalized spacial score (nSPS) is 13.8. The Morgan fingerprint density at radius 3 is 2.42 bits per heavy atom. The zero-order valence-electron chi connectivity index (χ0n) is 19.0. The summed E-state index contributed by atoms with van der Waals surface area (Å²) in [5, 5.41) is 22.7. The number of rotatable bonds is 12. The van der Waals surface area contributed by atoms with E-state index in [1.165, 1.54) is 6.20 Å². The van der Waals surface area contributed by atoms with Crippen molar-refractivity contribution in [3.8, 4) is 11.1 Å². The second-order valence-corrected chi connectivity index (χ2v) is 8.31. The van der Waals surface area contributed by atoms with E-state index in [0.717, 1.165) is 16.7 Å². The summed E-state index contributed by atoms with van der Waals surface area (Å²) in [5.74, 6) is -1.31. The van der Waals surface area contributed by atoms with E-state index in [0.29, 0.717) is 26.1 Å². The zero-order chi connectivity index (χ0) is 23.7. The molecule has 8 heteroatoms. The van der Waals surface area contributed by atoms with Gasteiger partial charge in [0.25, 0.3) is 5.91 Å². The highest BCUT2D eigenvalue weighted by molar-refractivity contribution is 5.92. The lowest BCUT2D eigenvalue weighted by Crippen LogP contribution is -2.43.